The second-order valence-corrected chi connectivity index (χ2v) is 24.4. The lowest BCUT2D eigenvalue weighted by molar-refractivity contribution is -0.138. The lowest BCUT2D eigenvalue weighted by Crippen LogP contribution is -2.51. The highest BCUT2D eigenvalue weighted by atomic mass is 35.5. The summed E-state index contributed by atoms with van der Waals surface area (Å²) in [5.74, 6) is -1.47. The molecular weight excluding hydrogens is 1130 g/mol. The summed E-state index contributed by atoms with van der Waals surface area (Å²) in [7, 11) is 3.38. The molecule has 5 aromatic heterocycles. The van der Waals surface area contributed by atoms with Crippen LogP contribution in [0.3, 0.4) is 0 Å². The highest BCUT2D eigenvalue weighted by Gasteiger charge is 2.50. The summed E-state index contributed by atoms with van der Waals surface area (Å²) < 4.78 is 151. The monoisotopic (exact) mass is 1200 g/mol. The van der Waals surface area contributed by atoms with E-state index in [1.165, 1.54) is 39.1 Å². The lowest BCUT2D eigenvalue weighted by Gasteiger charge is -2.34. The number of hydrogen-bond donors (Lipinski definition) is 4. The van der Waals surface area contributed by atoms with Crippen molar-refractivity contribution >= 4 is 56.8 Å². The van der Waals surface area contributed by atoms with E-state index in [9.17, 15) is 17.6 Å². The number of anilines is 4. The Morgan fingerprint density at radius 1 is 0.714 bits per heavy atom. The zero-order valence-electron chi connectivity index (χ0n) is 46.6. The average molecular weight is 1200 g/mol. The first kappa shape index (κ1) is 56.8. The zero-order chi connectivity index (χ0) is 58.7. The molecule has 6 aromatic rings. The van der Waals surface area contributed by atoms with E-state index in [0.717, 1.165) is 38.2 Å². The van der Waals surface area contributed by atoms with E-state index in [4.69, 9.17) is 31.0 Å². The second kappa shape index (κ2) is 21.6. The molecule has 7 aliphatic rings. The van der Waals surface area contributed by atoms with Crippen LogP contribution < -0.4 is 40.5 Å². The van der Waals surface area contributed by atoms with Crippen LogP contribution in [0.25, 0.3) is 44.6 Å². The number of hydrogen-bond acceptors (Lipinski definition) is 17. The van der Waals surface area contributed by atoms with Gasteiger partial charge in [-0.3, -0.25) is 9.80 Å². The summed E-state index contributed by atoms with van der Waals surface area (Å²) in [6.07, 6.45) is -4.84. The highest BCUT2D eigenvalue weighted by Crippen LogP contribution is 2.47. The number of likely N-dealkylation sites (N-methyl/N-ethyl adjacent to an activating group) is 1. The fraction of sp³-hybridized carbons (Fsp3) is 0.561. The molecule has 4 bridgehead atoms. The fourth-order valence-corrected chi connectivity index (χ4v) is 14.6. The minimum Gasteiger partial charge on any atom is -0.462 e. The molecule has 0 aliphatic carbocycles. The van der Waals surface area contributed by atoms with Crippen LogP contribution in [-0.4, -0.2) is 166 Å². The summed E-state index contributed by atoms with van der Waals surface area (Å²) in [6, 6.07) is 5.02. The van der Waals surface area contributed by atoms with Gasteiger partial charge in [-0.05, 0) is 114 Å². The molecule has 0 spiro atoms. The molecule has 4 N–H and O–H groups in total. The number of aromatic nitrogens is 7. The van der Waals surface area contributed by atoms with Crippen LogP contribution in [0.2, 0.25) is 5.02 Å². The molecule has 7 aliphatic heterocycles. The van der Waals surface area contributed by atoms with Gasteiger partial charge in [-0.2, -0.15) is 46.3 Å². The van der Waals surface area contributed by atoms with Crippen molar-refractivity contribution < 1.29 is 49.0 Å². The van der Waals surface area contributed by atoms with Crippen molar-refractivity contribution in [3.05, 3.63) is 63.2 Å². The topological polar surface area (TPSA) is 170 Å². The minimum atomic E-state index is -4.98. The molecule has 17 nitrogen and oxygen atoms in total. The highest BCUT2D eigenvalue weighted by molar-refractivity contribution is 6.34. The smallest absolute Gasteiger partial charge is 0.418 e. The zero-order valence-corrected chi connectivity index (χ0v) is 47.4. The van der Waals surface area contributed by atoms with Crippen LogP contribution in [0.15, 0.2) is 24.3 Å². The van der Waals surface area contributed by atoms with Crippen molar-refractivity contribution in [3.8, 4) is 34.7 Å². The Morgan fingerprint density at radius 2 is 1.32 bits per heavy atom. The van der Waals surface area contributed by atoms with Gasteiger partial charge in [-0.15, -0.1) is 0 Å². The Labute approximate surface area is 482 Å². The number of benzene rings is 1. The predicted octanol–water partition coefficient (Wildman–Crippen LogP) is 9.37. The number of rotatable bonds is 14. The standard InChI is InChI=1S/C57H63ClF9N15O2/c1-27-12-40(68-3)72-49(44(27)57(65,66)67)47-39(60)16-37-50(74-47)76-54(78-52(37)81-23-33-8-9-34(24-81)71-33)83-25-35-14-29(19-79(35)4)18-69-41-13-28(2)43(56(62,63)64)48(73-41)42-38(58)15-36-46(45(42)61)75-53(77-51(36)80-21-31-6-7-32(22-80)70-31)84-26-55-10-5-11-82(55)20-30(59)17-55/h12-13,15-16,29-35,70-71H,5-11,14,17-26H2,1-4H3,(H,68,72)(H,69,73)/t29?,30-,31?,32?,33?,34?,35+,55+/m1/s1. The summed E-state index contributed by atoms with van der Waals surface area (Å²) in [5, 5.41) is 13.2. The van der Waals surface area contributed by atoms with Crippen molar-refractivity contribution in [1.82, 2.24) is 55.3 Å². The van der Waals surface area contributed by atoms with Crippen LogP contribution >= 0.6 is 11.6 Å². The maximum absolute atomic E-state index is 17.6. The molecule has 27 heteroatoms. The molecule has 5 unspecified atom stereocenters. The molecule has 0 radical (unpaired) electrons. The molecule has 8 atom stereocenters. The molecule has 84 heavy (non-hydrogen) atoms. The first-order chi connectivity index (χ1) is 40.1. The summed E-state index contributed by atoms with van der Waals surface area (Å²) >= 11 is 6.94. The average Bonchev–Trinajstić information content (AvgIpc) is 4.25. The Hall–Kier alpha value is -6.35. The summed E-state index contributed by atoms with van der Waals surface area (Å²) in [4.78, 5) is 39.8. The number of aryl methyl sites for hydroxylation is 2. The van der Waals surface area contributed by atoms with E-state index in [1.54, 1.807) is 0 Å². The molecule has 1 aromatic carbocycles. The van der Waals surface area contributed by atoms with Crippen molar-refractivity contribution in [2.75, 3.05) is 100 Å². The van der Waals surface area contributed by atoms with Crippen LogP contribution in [0.1, 0.15) is 73.6 Å². The summed E-state index contributed by atoms with van der Waals surface area (Å²) in [5.41, 5.74) is -6.30. The van der Waals surface area contributed by atoms with Crippen molar-refractivity contribution in [3.63, 3.8) is 0 Å². The Balaban J connectivity index is 0.773. The number of nitrogens with zero attached hydrogens (tertiary/aromatic N) is 11. The van der Waals surface area contributed by atoms with Gasteiger partial charge in [0.2, 0.25) is 0 Å². The third-order valence-electron chi connectivity index (χ3n) is 18.2. The lowest BCUT2D eigenvalue weighted by atomic mass is 9.95. The number of piperazine rings is 2. The van der Waals surface area contributed by atoms with Gasteiger partial charge in [0.1, 0.15) is 59.6 Å². The van der Waals surface area contributed by atoms with E-state index >= 15 is 22.0 Å². The number of alkyl halides is 7. The molecule has 7 saturated heterocycles. The number of halogens is 10. The number of pyridine rings is 3. The van der Waals surface area contributed by atoms with Crippen LogP contribution in [-0.2, 0) is 12.4 Å². The van der Waals surface area contributed by atoms with Gasteiger partial charge in [0.25, 0.3) is 0 Å². The second-order valence-electron chi connectivity index (χ2n) is 24.0. The van der Waals surface area contributed by atoms with Gasteiger partial charge in [0, 0.05) is 94.9 Å². The van der Waals surface area contributed by atoms with E-state index in [0.29, 0.717) is 63.7 Å². The van der Waals surface area contributed by atoms with Gasteiger partial charge in [0.05, 0.1) is 38.3 Å². The quantitative estimate of drug-likeness (QED) is 0.0761. The van der Waals surface area contributed by atoms with E-state index in [-0.39, 0.29) is 131 Å². The van der Waals surface area contributed by atoms with Gasteiger partial charge in [-0.25, -0.2) is 28.1 Å². The molecular formula is C57H63ClF9N15O2. The van der Waals surface area contributed by atoms with Crippen molar-refractivity contribution in [2.45, 2.75) is 119 Å². The van der Waals surface area contributed by atoms with Crippen molar-refractivity contribution in [2.24, 2.45) is 5.92 Å². The van der Waals surface area contributed by atoms with Gasteiger partial charge in [-0.1, -0.05) is 11.6 Å². The van der Waals surface area contributed by atoms with Crippen LogP contribution in [0, 0.1) is 31.4 Å². The molecule has 448 valence electrons. The third-order valence-corrected chi connectivity index (χ3v) is 18.5. The van der Waals surface area contributed by atoms with Gasteiger partial charge < -0.3 is 40.5 Å². The first-order valence-corrected chi connectivity index (χ1v) is 29.0. The van der Waals surface area contributed by atoms with Gasteiger partial charge in [0.15, 0.2) is 17.3 Å². The number of ether oxygens (including phenoxy) is 2. The summed E-state index contributed by atoms with van der Waals surface area (Å²) in [6.45, 7) is 6.53. The van der Waals surface area contributed by atoms with E-state index in [2.05, 4.69) is 51.1 Å². The van der Waals surface area contributed by atoms with Crippen LogP contribution in [0.4, 0.5) is 62.8 Å². The maximum Gasteiger partial charge on any atom is 0.418 e. The maximum atomic E-state index is 17.6. The van der Waals surface area contributed by atoms with E-state index < -0.39 is 69.5 Å². The molecule has 13 rings (SSSR count). The number of nitrogens with one attached hydrogen (secondary N) is 4. The predicted molar refractivity (Wildman–Crippen MR) is 299 cm³/mol. The van der Waals surface area contributed by atoms with Crippen molar-refractivity contribution in [1.29, 1.82) is 0 Å². The largest absolute Gasteiger partial charge is 0.462 e. The van der Waals surface area contributed by atoms with Gasteiger partial charge >= 0.3 is 24.4 Å². The normalized spacial score (nSPS) is 26.3. The Bertz CT molecular complexity index is 3540. The Kier molecular flexibility index (Phi) is 14.6. The SMILES string of the molecule is CNc1cc(C)c(C(F)(F)F)c(-c2nc3nc(OC[C@@H]4CC(CNc5cc(C)c(C(F)(F)F)c(-c6c(Cl)cc7c(N8CC9CCC(C8)N9)nc(OC[C@@]89CCCN8C[C@H](F)C9)nc7c6F)n5)CN4C)nc(N4CC5CCC(C4)N5)c3cc2F)n1. The number of fused-ring (bicyclic) bond motifs is 7. The number of likely N-dealkylation sites (tertiary alicyclic amines) is 1. The molecule has 7 fully saturated rings. The van der Waals surface area contributed by atoms with Crippen LogP contribution in [0.5, 0.6) is 12.0 Å². The molecule has 0 amide bonds. The molecule has 0 saturated carbocycles. The fourth-order valence-electron chi connectivity index (χ4n) is 14.3. The molecule has 12 heterocycles. The van der Waals surface area contributed by atoms with E-state index in [1.807, 2.05) is 21.7 Å². The first-order valence-electron chi connectivity index (χ1n) is 28.6. The third kappa shape index (κ3) is 10.6. The Morgan fingerprint density at radius 3 is 1.96 bits per heavy atom. The minimum absolute atomic E-state index is 0.0485.